The van der Waals surface area contributed by atoms with Gasteiger partial charge in [0.2, 0.25) is 0 Å². The van der Waals surface area contributed by atoms with Gasteiger partial charge in [-0.25, -0.2) is 0 Å². The quantitative estimate of drug-likeness (QED) is 0.157. The number of methoxy groups -OCH3 is 2. The first-order valence-corrected chi connectivity index (χ1v) is 66.4. The van der Waals surface area contributed by atoms with Crippen molar-refractivity contribution in [1.29, 1.82) is 0 Å². The van der Waals surface area contributed by atoms with Crippen LogP contribution < -0.4 is 42.8 Å². The van der Waals surface area contributed by atoms with Gasteiger partial charge in [-0.3, -0.25) is 0 Å². The second-order valence-corrected chi connectivity index (χ2v) is 66.3. The molecule has 12 heteroatoms. The number of nitrogens with zero attached hydrogens (tertiary/aromatic N) is 7. The van der Waals surface area contributed by atoms with Crippen LogP contribution in [0.1, 0.15) is 166 Å². The molecule has 0 bridgehead atoms. The maximum atomic E-state index is 5.53. The summed E-state index contributed by atoms with van der Waals surface area (Å²) >= 11 is 0. The molecule has 0 saturated heterocycles. The zero-order chi connectivity index (χ0) is 102. The number of allylic oxidation sites excluding steroid dienone is 21. The molecule has 0 spiro atoms. The monoisotopic (exact) mass is 1980 g/mol. The van der Waals surface area contributed by atoms with Crippen molar-refractivity contribution in [1.82, 2.24) is 0 Å². The second-order valence-electron chi connectivity index (χ2n) is 51.8. The number of hydrogen-bond donors (Lipinski definition) is 0. The Morgan fingerprint density at radius 2 is 0.434 bits per heavy atom. The molecule has 21 aliphatic rings. The van der Waals surface area contributed by atoms with Crippen LogP contribution in [0, 0.1) is 138 Å². The number of hydrogen-bond acceptors (Lipinski definition) is 9. The molecule has 0 amide bonds. The number of likely N-dealkylation sites (N-methyl/N-ethyl adjacent to an activating group) is 4. The SMILES string of the molecule is CC1C2C=CC=CC2C2C1c1cc(C(C)(C)C)ccc1N2C.CC1C2C=CC=CC2C2C1c1ccccc1N2C.CC1C2C=CC=CC2C2C1c1ccccc1N2[Si](C)(C)C.COc1ccc2c(c1)C1C(C)C3C=CC=CC3C1N2C.COc1ccc2c(c1)C1C(C)C3C=CC=CC3C1N2[Si](C)(C)C.Cc1ccc2c(c1)C1C(C)C3C=CC=CC3C1N2C.Cc1ccc2c(c1)C1C(C)C3C=CC=CC3C1N2[Si](C)(C)C. The van der Waals surface area contributed by atoms with Crippen LogP contribution >= 0.6 is 0 Å². The highest BCUT2D eigenvalue weighted by molar-refractivity contribution is 6.81. The van der Waals surface area contributed by atoms with E-state index in [2.05, 4.69) is 513 Å². The standard InChI is InChI=1S/C21H27N.C20H27NOSi.C20H27NSi.C19H25NSi.C18H21NO.C18H21N.C17H19N/c1-13-15-8-6-7-9-16(15)20-19(13)17-12-14(21(2,3)4)10-11-18(17)22(20)5;1-13-15-8-6-7-9-16(15)20-19(13)17-12-14(22-2)10-11-18(17)21(20)23(3,4)5;1-13-10-11-18-17(12-13)19-14(2)15-8-6-7-9-16(15)20(19)21(18)22(3,4)5;1-13-14-9-5-6-10-15(14)19-18(13)16-11-7-8-12-17(16)20(19)21(2,3)4;1-11-13-6-4-5-7-14(13)18-17(11)15-10-12(20-3)8-9-16(15)19(18)2;1-11-8-9-16-15(10-11)17-12(2)13-6-4-5-7-14(13)18(17)19(16)3;1-11-12-7-3-4-8-13(12)17-16(11)14-9-5-6-10-15(14)18(17)2/h6-13,15-16,19-20H,1-5H3;6-13,15-16,19-20H,1-5H3;6-12,14-16,19-20H,1-5H3;5-15,18-19H,1-4H3;4-11,13-14,17-18H,1-3H3;4-10,12-14,17-18H,1-3H3;3-13,16-17H,1-2H3. The van der Waals surface area contributed by atoms with Gasteiger partial charge in [0.15, 0.2) is 0 Å². The molecule has 7 aromatic rings. The van der Waals surface area contributed by atoms with E-state index in [1.165, 1.54) is 67.6 Å². The van der Waals surface area contributed by atoms with Gasteiger partial charge in [0.25, 0.3) is 0 Å². The van der Waals surface area contributed by atoms with E-state index >= 15 is 0 Å². The molecule has 758 valence electrons. The lowest BCUT2D eigenvalue weighted by Crippen LogP contribution is -2.52. The minimum atomic E-state index is -1.46. The summed E-state index contributed by atoms with van der Waals surface area (Å²) in [6.07, 6.45) is 65.6. The predicted molar refractivity (Wildman–Crippen MR) is 624 cm³/mol. The van der Waals surface area contributed by atoms with Gasteiger partial charge in [0.05, 0.1) is 14.2 Å². The first-order chi connectivity index (χ1) is 69.4. The van der Waals surface area contributed by atoms with E-state index < -0.39 is 24.7 Å². The summed E-state index contributed by atoms with van der Waals surface area (Å²) in [6.45, 7) is 50.9. The fourth-order valence-electron chi connectivity index (χ4n) is 34.4. The summed E-state index contributed by atoms with van der Waals surface area (Å²) in [5, 5.41) is 0. The normalized spacial score (nSPS) is 36.5. The zero-order valence-electron chi connectivity index (χ0n) is 92.1. The Balaban J connectivity index is 0.0000000965. The highest BCUT2D eigenvalue weighted by atomic mass is 28.3. The first kappa shape index (κ1) is 99.4. The number of anilines is 7. The van der Waals surface area contributed by atoms with E-state index in [9.17, 15) is 0 Å². The summed E-state index contributed by atoms with van der Waals surface area (Å²) in [5.74, 6) is 21.3. The summed E-state index contributed by atoms with van der Waals surface area (Å²) < 4.78 is 19.5. The van der Waals surface area contributed by atoms with Crippen molar-refractivity contribution in [2.45, 2.75) is 231 Å². The maximum absolute atomic E-state index is 5.53. The van der Waals surface area contributed by atoms with Crippen LogP contribution in [0.4, 0.5) is 39.8 Å². The average molecular weight is 1980 g/mol. The fourth-order valence-corrected chi connectivity index (χ4v) is 40.9. The molecule has 35 unspecified atom stereocenters. The number of fused-ring (bicyclic) bond motifs is 35. The van der Waals surface area contributed by atoms with Gasteiger partial charge in [-0.1, -0.05) is 382 Å². The topological polar surface area (TPSA) is 41.1 Å². The molecular formula is C133H167N7O2Si3. The third-order valence-electron chi connectivity index (χ3n) is 40.4. The molecule has 7 heterocycles. The van der Waals surface area contributed by atoms with E-state index in [0.29, 0.717) is 161 Å². The van der Waals surface area contributed by atoms with Crippen LogP contribution in [0.15, 0.2) is 310 Å². The van der Waals surface area contributed by atoms with Crippen molar-refractivity contribution < 1.29 is 9.47 Å². The van der Waals surface area contributed by atoms with Gasteiger partial charge >= 0.3 is 0 Å². The van der Waals surface area contributed by atoms with Crippen LogP contribution in [0.25, 0.3) is 0 Å². The Morgan fingerprint density at radius 3 is 0.745 bits per heavy atom. The zero-order valence-corrected chi connectivity index (χ0v) is 95.1. The number of aryl methyl sites for hydroxylation is 2. The molecule has 9 nitrogen and oxygen atoms in total. The second kappa shape index (κ2) is 37.8. The van der Waals surface area contributed by atoms with Crippen LogP contribution in [-0.2, 0) is 5.41 Å². The average Bonchev–Trinajstić information content (AvgIpc) is 1.55. The molecule has 35 atom stereocenters. The van der Waals surface area contributed by atoms with Crippen LogP contribution in [0.5, 0.6) is 11.5 Å². The van der Waals surface area contributed by atoms with Crippen LogP contribution in [0.2, 0.25) is 58.9 Å². The Bertz CT molecular complexity index is 6560. The van der Waals surface area contributed by atoms with Crippen molar-refractivity contribution in [3.63, 3.8) is 0 Å². The molecule has 28 rings (SSSR count). The van der Waals surface area contributed by atoms with Crippen molar-refractivity contribution in [2.24, 2.45) is 124 Å². The molecular weight excluding hydrogens is 1810 g/mol. The van der Waals surface area contributed by atoms with Gasteiger partial charge in [0, 0.05) is 193 Å². The van der Waals surface area contributed by atoms with Gasteiger partial charge in [0.1, 0.15) is 36.2 Å². The molecule has 145 heavy (non-hydrogen) atoms. The van der Waals surface area contributed by atoms with E-state index in [1.54, 1.807) is 42.0 Å². The van der Waals surface area contributed by atoms with Crippen molar-refractivity contribution in [3.8, 4) is 11.5 Å². The Hall–Kier alpha value is -10.2. The lowest BCUT2D eigenvalue weighted by atomic mass is 9.81. The third-order valence-corrected chi connectivity index (χ3v) is 46.3. The van der Waals surface area contributed by atoms with Crippen molar-refractivity contribution >= 4 is 64.5 Å². The van der Waals surface area contributed by atoms with Gasteiger partial charge < -0.3 is 42.8 Å². The fraction of sp³-hybridized carbons (Fsp3) is 0.474. The van der Waals surface area contributed by atoms with E-state index in [4.69, 9.17) is 9.47 Å². The molecule has 7 aromatic carbocycles. The largest absolute Gasteiger partial charge is 0.497 e. The number of ether oxygens (including phenoxy) is 2. The number of rotatable bonds is 5. The molecule has 7 saturated carbocycles. The van der Waals surface area contributed by atoms with E-state index in [0.717, 1.165) is 58.8 Å². The minimum Gasteiger partial charge on any atom is -0.497 e. The van der Waals surface area contributed by atoms with E-state index in [1.807, 2.05) is 0 Å². The lowest BCUT2D eigenvalue weighted by molar-refractivity contribution is 0.410. The van der Waals surface area contributed by atoms with Crippen molar-refractivity contribution in [3.05, 3.63) is 365 Å². The van der Waals surface area contributed by atoms with Crippen molar-refractivity contribution in [2.75, 3.05) is 75.7 Å². The Labute approximate surface area is 875 Å². The minimum absolute atomic E-state index is 0.222. The molecule has 14 aliphatic carbocycles. The van der Waals surface area contributed by atoms with Gasteiger partial charge in [-0.05, 0) is 213 Å². The summed E-state index contributed by atoms with van der Waals surface area (Å²) in [7, 11) is 8.35. The number of benzene rings is 7. The molecule has 7 fully saturated rings. The van der Waals surface area contributed by atoms with E-state index in [-0.39, 0.29) is 5.41 Å². The summed E-state index contributed by atoms with van der Waals surface area (Å²) in [5.41, 5.74) is 25.7. The Kier molecular flexibility index (Phi) is 25.9. The molecule has 0 aromatic heterocycles. The highest BCUT2D eigenvalue weighted by Gasteiger charge is 2.63. The number of para-hydroxylation sites is 2. The molecule has 7 aliphatic heterocycles. The maximum Gasteiger partial charge on any atom is 0.147 e. The third kappa shape index (κ3) is 16.3. The predicted octanol–water partition coefficient (Wildman–Crippen LogP) is 30.7. The lowest BCUT2D eigenvalue weighted by Gasteiger charge is -2.41. The highest BCUT2D eigenvalue weighted by Crippen LogP contribution is 2.67. The smallest absolute Gasteiger partial charge is 0.147 e. The summed E-state index contributed by atoms with van der Waals surface area (Å²) in [6, 6.07) is 57.2. The van der Waals surface area contributed by atoms with Crippen LogP contribution in [-0.4, -0.2) is 109 Å². The van der Waals surface area contributed by atoms with Crippen LogP contribution in [0.3, 0.4) is 0 Å². The van der Waals surface area contributed by atoms with Gasteiger partial charge in [-0.2, -0.15) is 0 Å². The Morgan fingerprint density at radius 1 is 0.228 bits per heavy atom. The summed E-state index contributed by atoms with van der Waals surface area (Å²) in [4.78, 5) is 10.1. The molecule has 0 radical (unpaired) electrons. The first-order valence-electron chi connectivity index (χ1n) is 56.0. The van der Waals surface area contributed by atoms with Gasteiger partial charge in [-0.15, -0.1) is 0 Å². The molecule has 0 N–H and O–H groups in total.